The minimum atomic E-state index is 0.309. The highest BCUT2D eigenvalue weighted by molar-refractivity contribution is 7.78. The summed E-state index contributed by atoms with van der Waals surface area (Å²) in [5.41, 5.74) is 4.44. The molecule has 3 heteroatoms. The van der Waals surface area contributed by atoms with Gasteiger partial charge in [0.05, 0.1) is 11.6 Å². The van der Waals surface area contributed by atoms with Crippen molar-refractivity contribution in [1.82, 2.24) is 4.72 Å². The number of nitrogens with zero attached hydrogens (tertiary/aromatic N) is 1. The predicted octanol–water partition coefficient (Wildman–Crippen LogP) is 3.63. The topological polar surface area (TPSA) is 35.8 Å². The first kappa shape index (κ1) is 14.6. The summed E-state index contributed by atoms with van der Waals surface area (Å²) in [5.74, 6) is 0.309. The van der Waals surface area contributed by atoms with Crippen LogP contribution in [0.5, 0.6) is 0 Å². The van der Waals surface area contributed by atoms with Gasteiger partial charge in [-0.15, -0.1) is 0 Å². The summed E-state index contributed by atoms with van der Waals surface area (Å²) in [5, 5.41) is 9.01. The Morgan fingerprint density at radius 1 is 1.20 bits per heavy atom. The first-order chi connectivity index (χ1) is 9.72. The summed E-state index contributed by atoms with van der Waals surface area (Å²) in [6.45, 7) is 2.86. The Balaban J connectivity index is 2.22. The molecule has 0 heterocycles. The van der Waals surface area contributed by atoms with E-state index in [1.54, 1.807) is 0 Å². The Hall–Kier alpha value is -1.76. The number of nitrogens with one attached hydrogen (secondary N) is 1. The van der Waals surface area contributed by atoms with Crippen molar-refractivity contribution in [3.8, 4) is 6.07 Å². The number of benzene rings is 2. The van der Waals surface area contributed by atoms with Crippen LogP contribution in [-0.2, 0) is 6.42 Å². The third-order valence-corrected chi connectivity index (χ3v) is 3.61. The van der Waals surface area contributed by atoms with Crippen LogP contribution in [0.4, 0.5) is 0 Å². The lowest BCUT2D eigenvalue weighted by atomic mass is 9.91. The number of nitriles is 1. The molecule has 2 aromatic rings. The molecule has 0 radical (unpaired) electrons. The Kier molecular flexibility index (Phi) is 5.23. The van der Waals surface area contributed by atoms with E-state index < -0.39 is 0 Å². The van der Waals surface area contributed by atoms with Crippen LogP contribution in [0.1, 0.15) is 28.2 Å². The molecular weight excluding hydrogens is 264 g/mol. The summed E-state index contributed by atoms with van der Waals surface area (Å²) in [6.07, 6.45) is 0.933. The number of aryl methyl sites for hydroxylation is 1. The Morgan fingerprint density at radius 2 is 1.95 bits per heavy atom. The minimum Gasteiger partial charge on any atom is -0.266 e. The number of thiol groups is 1. The van der Waals surface area contributed by atoms with Gasteiger partial charge in [-0.05, 0) is 36.6 Å². The number of rotatable bonds is 5. The molecule has 0 fully saturated rings. The van der Waals surface area contributed by atoms with Gasteiger partial charge in [0.15, 0.2) is 0 Å². The molecule has 0 amide bonds. The fourth-order valence-electron chi connectivity index (χ4n) is 2.29. The van der Waals surface area contributed by atoms with Gasteiger partial charge in [-0.3, -0.25) is 4.72 Å². The van der Waals surface area contributed by atoms with Crippen LogP contribution in [0.3, 0.4) is 0 Å². The van der Waals surface area contributed by atoms with Gasteiger partial charge in [0.25, 0.3) is 0 Å². The molecule has 20 heavy (non-hydrogen) atoms. The average molecular weight is 282 g/mol. The van der Waals surface area contributed by atoms with Crippen LogP contribution in [0, 0.1) is 18.3 Å². The van der Waals surface area contributed by atoms with Gasteiger partial charge >= 0.3 is 0 Å². The SMILES string of the molecule is Cc1ccc(CC(CNS)c2cccc(C#N)c2)cc1. The molecule has 0 aliphatic carbocycles. The maximum absolute atomic E-state index is 9.01. The lowest BCUT2D eigenvalue weighted by Crippen LogP contribution is -2.16. The fraction of sp³-hybridized carbons (Fsp3) is 0.235. The van der Waals surface area contributed by atoms with E-state index in [9.17, 15) is 0 Å². The molecule has 0 saturated carbocycles. The van der Waals surface area contributed by atoms with E-state index >= 15 is 0 Å². The van der Waals surface area contributed by atoms with Gasteiger partial charge in [0.2, 0.25) is 0 Å². The highest BCUT2D eigenvalue weighted by Gasteiger charge is 2.12. The standard InChI is InChI=1S/C17H18N2S/c1-13-5-7-14(8-6-13)9-17(12-19-20)16-4-2-3-15(10-16)11-18/h2-8,10,17,19-20H,9,12H2,1H3. The van der Waals surface area contributed by atoms with Crippen molar-refractivity contribution in [2.24, 2.45) is 0 Å². The number of hydrogen-bond acceptors (Lipinski definition) is 3. The second-order valence-corrected chi connectivity index (χ2v) is 5.30. The molecule has 102 valence electrons. The van der Waals surface area contributed by atoms with Crippen molar-refractivity contribution in [3.05, 3.63) is 70.8 Å². The molecule has 0 aliphatic heterocycles. The molecule has 0 spiro atoms. The maximum atomic E-state index is 9.01. The van der Waals surface area contributed by atoms with Crippen molar-refractivity contribution in [2.45, 2.75) is 19.3 Å². The quantitative estimate of drug-likeness (QED) is 0.822. The van der Waals surface area contributed by atoms with E-state index in [0.717, 1.165) is 13.0 Å². The van der Waals surface area contributed by atoms with E-state index in [0.29, 0.717) is 11.5 Å². The van der Waals surface area contributed by atoms with Gasteiger partial charge in [-0.1, -0.05) is 54.8 Å². The van der Waals surface area contributed by atoms with Crippen molar-refractivity contribution >= 4 is 12.8 Å². The number of hydrogen-bond donors (Lipinski definition) is 2. The molecule has 0 bridgehead atoms. The largest absolute Gasteiger partial charge is 0.266 e. The van der Waals surface area contributed by atoms with Gasteiger partial charge in [-0.2, -0.15) is 5.26 Å². The maximum Gasteiger partial charge on any atom is 0.0991 e. The summed E-state index contributed by atoms with van der Waals surface area (Å²) in [6, 6.07) is 18.6. The van der Waals surface area contributed by atoms with Crippen LogP contribution in [-0.4, -0.2) is 6.54 Å². The van der Waals surface area contributed by atoms with Crippen LogP contribution >= 0.6 is 12.8 Å². The average Bonchev–Trinajstić information content (AvgIpc) is 2.49. The summed E-state index contributed by atoms with van der Waals surface area (Å²) in [7, 11) is 0. The normalized spacial score (nSPS) is 11.8. The summed E-state index contributed by atoms with van der Waals surface area (Å²) >= 11 is 4.13. The van der Waals surface area contributed by atoms with E-state index in [1.807, 2.05) is 18.2 Å². The van der Waals surface area contributed by atoms with E-state index in [4.69, 9.17) is 5.26 Å². The molecular formula is C17H18N2S. The highest BCUT2D eigenvalue weighted by Crippen LogP contribution is 2.22. The lowest BCUT2D eigenvalue weighted by molar-refractivity contribution is 0.673. The van der Waals surface area contributed by atoms with Crippen molar-refractivity contribution in [3.63, 3.8) is 0 Å². The molecule has 2 aromatic carbocycles. The molecule has 1 atom stereocenters. The van der Waals surface area contributed by atoms with E-state index in [2.05, 4.69) is 60.9 Å². The molecule has 2 nitrogen and oxygen atoms in total. The van der Waals surface area contributed by atoms with Gasteiger partial charge < -0.3 is 0 Å². The zero-order valence-electron chi connectivity index (χ0n) is 11.5. The van der Waals surface area contributed by atoms with Crippen LogP contribution < -0.4 is 4.72 Å². The fourth-order valence-corrected chi connectivity index (χ4v) is 2.51. The highest BCUT2D eigenvalue weighted by atomic mass is 32.1. The van der Waals surface area contributed by atoms with Crippen LogP contribution in [0.15, 0.2) is 48.5 Å². The van der Waals surface area contributed by atoms with Crippen molar-refractivity contribution in [2.75, 3.05) is 6.54 Å². The van der Waals surface area contributed by atoms with Crippen LogP contribution in [0.25, 0.3) is 0 Å². The molecule has 1 unspecified atom stereocenters. The van der Waals surface area contributed by atoms with Crippen LogP contribution in [0.2, 0.25) is 0 Å². The van der Waals surface area contributed by atoms with Gasteiger partial charge in [0, 0.05) is 12.5 Å². The smallest absolute Gasteiger partial charge is 0.0991 e. The molecule has 1 N–H and O–H groups in total. The molecule has 0 aliphatic rings. The van der Waals surface area contributed by atoms with Gasteiger partial charge in [0.1, 0.15) is 0 Å². The second-order valence-electron chi connectivity index (χ2n) is 4.99. The van der Waals surface area contributed by atoms with E-state index in [1.165, 1.54) is 16.7 Å². The monoisotopic (exact) mass is 282 g/mol. The molecule has 0 saturated heterocycles. The Labute approximate surface area is 126 Å². The summed E-state index contributed by atoms with van der Waals surface area (Å²) < 4.78 is 2.95. The zero-order valence-corrected chi connectivity index (χ0v) is 12.4. The van der Waals surface area contributed by atoms with E-state index in [-0.39, 0.29) is 0 Å². The summed E-state index contributed by atoms with van der Waals surface area (Å²) in [4.78, 5) is 0. The first-order valence-electron chi connectivity index (χ1n) is 6.65. The van der Waals surface area contributed by atoms with Gasteiger partial charge in [-0.25, -0.2) is 0 Å². The van der Waals surface area contributed by atoms with Crippen molar-refractivity contribution < 1.29 is 0 Å². The predicted molar refractivity (Wildman–Crippen MR) is 85.8 cm³/mol. The zero-order chi connectivity index (χ0) is 14.4. The minimum absolute atomic E-state index is 0.309. The molecule has 2 rings (SSSR count). The molecule has 0 aromatic heterocycles. The lowest BCUT2D eigenvalue weighted by Gasteiger charge is -2.17. The second kappa shape index (κ2) is 7.14. The first-order valence-corrected chi connectivity index (χ1v) is 7.10. The Bertz CT molecular complexity index is 599. The third-order valence-electron chi connectivity index (χ3n) is 3.43. The Morgan fingerprint density at radius 3 is 2.60 bits per heavy atom. The van der Waals surface area contributed by atoms with Crippen molar-refractivity contribution in [1.29, 1.82) is 5.26 Å². The third kappa shape index (κ3) is 3.86.